The molecule has 1 aromatic carbocycles. The summed E-state index contributed by atoms with van der Waals surface area (Å²) in [7, 11) is 1.60. The van der Waals surface area contributed by atoms with Crippen molar-refractivity contribution >= 4 is 0 Å². The average Bonchev–Trinajstić information content (AvgIpc) is 2.56. The van der Waals surface area contributed by atoms with Crippen LogP contribution in [0.25, 0.3) is 0 Å². The fourth-order valence-corrected chi connectivity index (χ4v) is 2.73. The Morgan fingerprint density at radius 3 is 2.52 bits per heavy atom. The van der Waals surface area contributed by atoms with Gasteiger partial charge in [-0.05, 0) is 36.5 Å². The van der Waals surface area contributed by atoms with Gasteiger partial charge >= 0.3 is 0 Å². The molecule has 0 spiro atoms. The quantitative estimate of drug-likeness (QED) is 0.647. The van der Waals surface area contributed by atoms with Crippen molar-refractivity contribution in [3.05, 3.63) is 29.3 Å². The zero-order valence-electron chi connectivity index (χ0n) is 14.2. The van der Waals surface area contributed by atoms with Gasteiger partial charge in [-0.3, -0.25) is 0 Å². The molecule has 1 unspecified atom stereocenters. The normalized spacial score (nSPS) is 13.6. The average molecular weight is 321 g/mol. The van der Waals surface area contributed by atoms with Gasteiger partial charge in [-0.15, -0.1) is 0 Å². The molecule has 0 bridgehead atoms. The Balaban J connectivity index is 3.16. The molecule has 5 heteroatoms. The predicted molar refractivity (Wildman–Crippen MR) is 88.2 cm³/mol. The van der Waals surface area contributed by atoms with Crippen LogP contribution < -0.4 is 4.74 Å². The molecule has 0 aliphatic rings. The van der Waals surface area contributed by atoms with E-state index in [0.29, 0.717) is 37.4 Å². The molecule has 5 nitrogen and oxygen atoms in total. The van der Waals surface area contributed by atoms with E-state index < -0.39 is 5.41 Å². The first-order chi connectivity index (χ1) is 11.1. The Hall–Kier alpha value is -1.61. The summed E-state index contributed by atoms with van der Waals surface area (Å²) in [5, 5.41) is 28.5. The lowest BCUT2D eigenvalue weighted by molar-refractivity contribution is 0.144. The van der Waals surface area contributed by atoms with Crippen molar-refractivity contribution in [1.29, 1.82) is 5.26 Å². The molecule has 0 saturated carbocycles. The molecule has 1 aromatic rings. The number of rotatable bonds is 10. The van der Waals surface area contributed by atoms with Gasteiger partial charge in [0.2, 0.25) is 0 Å². The standard InChI is InChI=1S/C18H27NO4/c1-14(2)18(13-19,7-4-8-20)16-5-6-17(15(11-16)12-21)23-10-9-22-3/h5-6,11,14,20-21H,4,7-10,12H2,1-3H3. The van der Waals surface area contributed by atoms with Gasteiger partial charge in [-0.25, -0.2) is 0 Å². The first-order valence-electron chi connectivity index (χ1n) is 7.93. The van der Waals surface area contributed by atoms with Crippen LogP contribution in [-0.2, 0) is 16.8 Å². The highest BCUT2D eigenvalue weighted by Crippen LogP contribution is 2.38. The Morgan fingerprint density at radius 2 is 2.00 bits per heavy atom. The fraction of sp³-hybridized carbons (Fsp3) is 0.611. The highest BCUT2D eigenvalue weighted by atomic mass is 16.5. The molecule has 0 fully saturated rings. The lowest BCUT2D eigenvalue weighted by atomic mass is 9.69. The monoisotopic (exact) mass is 321 g/mol. The summed E-state index contributed by atoms with van der Waals surface area (Å²) < 4.78 is 10.6. The van der Waals surface area contributed by atoms with Crippen LogP contribution in [0.4, 0.5) is 0 Å². The molecule has 1 rings (SSSR count). The summed E-state index contributed by atoms with van der Waals surface area (Å²) in [4.78, 5) is 0. The van der Waals surface area contributed by atoms with Crippen LogP contribution in [0.15, 0.2) is 18.2 Å². The van der Waals surface area contributed by atoms with Gasteiger partial charge < -0.3 is 19.7 Å². The van der Waals surface area contributed by atoms with Crippen molar-refractivity contribution in [3.63, 3.8) is 0 Å². The minimum absolute atomic E-state index is 0.0568. The minimum atomic E-state index is -0.683. The molecule has 0 saturated heterocycles. The molecule has 0 aliphatic heterocycles. The Labute approximate surface area is 138 Å². The van der Waals surface area contributed by atoms with Gasteiger partial charge in [0.05, 0.1) is 24.7 Å². The van der Waals surface area contributed by atoms with Crippen LogP contribution in [0.2, 0.25) is 0 Å². The van der Waals surface area contributed by atoms with E-state index in [0.717, 1.165) is 5.56 Å². The van der Waals surface area contributed by atoms with E-state index in [-0.39, 0.29) is 19.1 Å². The molecule has 1 atom stereocenters. The zero-order chi connectivity index (χ0) is 17.3. The topological polar surface area (TPSA) is 82.7 Å². The smallest absolute Gasteiger partial charge is 0.124 e. The van der Waals surface area contributed by atoms with Crippen molar-refractivity contribution in [1.82, 2.24) is 0 Å². The third-order valence-electron chi connectivity index (χ3n) is 4.21. The molecular weight excluding hydrogens is 294 g/mol. The molecule has 0 radical (unpaired) electrons. The van der Waals surface area contributed by atoms with Gasteiger partial charge in [0.25, 0.3) is 0 Å². The summed E-state index contributed by atoms with van der Waals surface area (Å²) in [6.07, 6.45) is 1.14. The van der Waals surface area contributed by atoms with E-state index in [4.69, 9.17) is 14.6 Å². The van der Waals surface area contributed by atoms with Gasteiger partial charge in [-0.2, -0.15) is 5.26 Å². The van der Waals surface area contributed by atoms with Crippen LogP contribution in [-0.4, -0.2) is 37.1 Å². The summed E-state index contributed by atoms with van der Waals surface area (Å²) in [5.41, 5.74) is 0.826. The summed E-state index contributed by atoms with van der Waals surface area (Å²) in [6.45, 7) is 4.78. The number of aliphatic hydroxyl groups is 2. The SMILES string of the molecule is COCCOc1ccc(C(C#N)(CCCO)C(C)C)cc1CO. The molecule has 0 heterocycles. The summed E-state index contributed by atoms with van der Waals surface area (Å²) in [5.74, 6) is 0.692. The number of aliphatic hydroxyl groups excluding tert-OH is 2. The highest BCUT2D eigenvalue weighted by Gasteiger charge is 2.35. The van der Waals surface area contributed by atoms with E-state index in [1.165, 1.54) is 0 Å². The number of ether oxygens (including phenoxy) is 2. The van der Waals surface area contributed by atoms with Crippen molar-refractivity contribution in [2.45, 2.75) is 38.7 Å². The van der Waals surface area contributed by atoms with Crippen LogP contribution >= 0.6 is 0 Å². The van der Waals surface area contributed by atoms with E-state index in [1.807, 2.05) is 26.0 Å². The maximum Gasteiger partial charge on any atom is 0.124 e. The van der Waals surface area contributed by atoms with Gasteiger partial charge in [0, 0.05) is 19.3 Å². The number of benzene rings is 1. The maximum atomic E-state index is 9.79. The molecule has 2 N–H and O–H groups in total. The lowest BCUT2D eigenvalue weighted by Crippen LogP contribution is -2.31. The Bertz CT molecular complexity index is 524. The first kappa shape index (κ1) is 19.4. The second kappa shape index (κ2) is 9.51. The maximum absolute atomic E-state index is 9.79. The highest BCUT2D eigenvalue weighted by molar-refractivity contribution is 5.43. The van der Waals surface area contributed by atoms with Gasteiger partial charge in [-0.1, -0.05) is 19.9 Å². The van der Waals surface area contributed by atoms with E-state index >= 15 is 0 Å². The first-order valence-corrected chi connectivity index (χ1v) is 7.93. The molecule has 0 amide bonds. The number of hydrogen-bond acceptors (Lipinski definition) is 5. The van der Waals surface area contributed by atoms with Gasteiger partial charge in [0.15, 0.2) is 0 Å². The summed E-state index contributed by atoms with van der Waals surface area (Å²) in [6, 6.07) is 7.94. The number of nitrogens with zero attached hydrogens (tertiary/aromatic N) is 1. The van der Waals surface area contributed by atoms with Crippen LogP contribution in [0.1, 0.15) is 37.8 Å². The van der Waals surface area contributed by atoms with E-state index in [9.17, 15) is 10.4 Å². The minimum Gasteiger partial charge on any atom is -0.491 e. The lowest BCUT2D eigenvalue weighted by Gasteiger charge is -2.32. The summed E-state index contributed by atoms with van der Waals surface area (Å²) >= 11 is 0. The van der Waals surface area contributed by atoms with Crippen LogP contribution in [0.3, 0.4) is 0 Å². The Kier molecular flexibility index (Phi) is 8.04. The number of nitriles is 1. The van der Waals surface area contributed by atoms with Crippen molar-refractivity contribution < 1.29 is 19.7 Å². The third kappa shape index (κ3) is 4.68. The number of methoxy groups -OCH3 is 1. The van der Waals surface area contributed by atoms with E-state index in [2.05, 4.69) is 6.07 Å². The fourth-order valence-electron chi connectivity index (χ4n) is 2.73. The van der Waals surface area contributed by atoms with Crippen molar-refractivity contribution in [2.75, 3.05) is 26.9 Å². The Morgan fingerprint density at radius 1 is 1.26 bits per heavy atom. The molecule has 23 heavy (non-hydrogen) atoms. The van der Waals surface area contributed by atoms with Crippen LogP contribution in [0.5, 0.6) is 5.75 Å². The second-order valence-electron chi connectivity index (χ2n) is 5.89. The molecular formula is C18H27NO4. The zero-order valence-corrected chi connectivity index (χ0v) is 14.2. The number of hydrogen-bond donors (Lipinski definition) is 2. The molecule has 0 aromatic heterocycles. The largest absolute Gasteiger partial charge is 0.491 e. The van der Waals surface area contributed by atoms with Crippen LogP contribution in [0, 0.1) is 17.2 Å². The van der Waals surface area contributed by atoms with E-state index in [1.54, 1.807) is 13.2 Å². The third-order valence-corrected chi connectivity index (χ3v) is 4.21. The molecule has 128 valence electrons. The van der Waals surface area contributed by atoms with Crippen molar-refractivity contribution in [2.24, 2.45) is 5.92 Å². The molecule has 0 aliphatic carbocycles. The predicted octanol–water partition coefficient (Wildman–Crippen LogP) is 2.39. The second-order valence-corrected chi connectivity index (χ2v) is 5.89. The van der Waals surface area contributed by atoms with Crippen molar-refractivity contribution in [3.8, 4) is 11.8 Å². The van der Waals surface area contributed by atoms with Gasteiger partial charge in [0.1, 0.15) is 12.4 Å².